The fraction of sp³-hybridized carbons (Fsp3) is 0.533. The maximum absolute atomic E-state index is 13.2. The minimum absolute atomic E-state index is 0.0316. The highest BCUT2D eigenvalue weighted by atomic mass is 19.4. The Morgan fingerprint density at radius 1 is 1.19 bits per heavy atom. The molecule has 0 radical (unpaired) electrons. The predicted octanol–water partition coefficient (Wildman–Crippen LogP) is 3.96. The van der Waals surface area contributed by atoms with Crippen molar-refractivity contribution in [1.29, 1.82) is 0 Å². The van der Waals surface area contributed by atoms with Crippen molar-refractivity contribution in [2.45, 2.75) is 45.6 Å². The summed E-state index contributed by atoms with van der Waals surface area (Å²) in [6, 6.07) is 5.85. The molecule has 0 aromatic heterocycles. The minimum atomic E-state index is -4.60. The lowest BCUT2D eigenvalue weighted by Crippen LogP contribution is -2.33. The van der Waals surface area contributed by atoms with E-state index < -0.39 is 24.4 Å². The molecule has 0 saturated carbocycles. The van der Waals surface area contributed by atoms with Gasteiger partial charge in [-0.1, -0.05) is 36.8 Å². The number of carbonyl (C=O) groups excluding carboxylic acids is 1. The first kappa shape index (κ1) is 17.5. The molecule has 0 aliphatic rings. The van der Waals surface area contributed by atoms with E-state index in [1.54, 1.807) is 32.9 Å². The number of carbonyl (C=O) groups is 1. The molecule has 0 fully saturated rings. The van der Waals surface area contributed by atoms with Gasteiger partial charge in [-0.3, -0.25) is 0 Å². The average Bonchev–Trinajstić information content (AvgIpc) is 2.40. The molecule has 6 heteroatoms. The summed E-state index contributed by atoms with van der Waals surface area (Å²) < 4.78 is 49.3. The van der Waals surface area contributed by atoms with E-state index in [0.29, 0.717) is 0 Å². The quantitative estimate of drug-likeness (QED) is 0.746. The van der Waals surface area contributed by atoms with Crippen LogP contribution in [0.5, 0.6) is 0 Å². The van der Waals surface area contributed by atoms with Gasteiger partial charge in [-0.05, 0) is 25.8 Å². The van der Waals surface area contributed by atoms with Gasteiger partial charge < -0.3 is 9.47 Å². The molecule has 0 N–H and O–H groups in total. The Morgan fingerprint density at radius 2 is 1.76 bits per heavy atom. The Bertz CT molecular complexity index is 454. The van der Waals surface area contributed by atoms with Crippen molar-refractivity contribution in [3.8, 4) is 0 Å². The zero-order valence-electron chi connectivity index (χ0n) is 12.2. The number of benzene rings is 1. The highest BCUT2D eigenvalue weighted by Crippen LogP contribution is 2.37. The van der Waals surface area contributed by atoms with Crippen molar-refractivity contribution in [3.63, 3.8) is 0 Å². The maximum Gasteiger partial charge on any atom is 0.418 e. The van der Waals surface area contributed by atoms with Gasteiger partial charge in [0, 0.05) is 0 Å². The molecule has 0 aliphatic heterocycles. The van der Waals surface area contributed by atoms with E-state index >= 15 is 0 Å². The number of ether oxygens (including phenoxy) is 2. The number of halogens is 3. The maximum atomic E-state index is 13.2. The van der Waals surface area contributed by atoms with E-state index in [1.165, 1.54) is 12.1 Å². The molecular formula is C15H19F3O3. The monoisotopic (exact) mass is 304 g/mol. The summed E-state index contributed by atoms with van der Waals surface area (Å²) in [5, 5.41) is 0. The van der Waals surface area contributed by atoms with Crippen molar-refractivity contribution in [2.75, 3.05) is 6.61 Å². The molecule has 2 atom stereocenters. The smallest absolute Gasteiger partial charge is 0.418 e. The second kappa shape index (κ2) is 7.45. The molecule has 0 heterocycles. The highest BCUT2D eigenvalue weighted by molar-refractivity contribution is 5.74. The van der Waals surface area contributed by atoms with E-state index in [1.807, 2.05) is 0 Å². The van der Waals surface area contributed by atoms with Crippen LogP contribution in [0, 0.1) is 6.92 Å². The Kier molecular flexibility index (Phi) is 6.20. The number of hydrogen-bond donors (Lipinski definition) is 0. The lowest BCUT2D eigenvalue weighted by Gasteiger charge is -2.25. The largest absolute Gasteiger partial charge is 0.464 e. The third-order valence-corrected chi connectivity index (χ3v) is 2.90. The van der Waals surface area contributed by atoms with Crippen LogP contribution in [0.1, 0.15) is 37.5 Å². The lowest BCUT2D eigenvalue weighted by atomic mass is 10.1. The summed E-state index contributed by atoms with van der Waals surface area (Å²) in [6.07, 6.45) is -7.88. The number of alkyl halides is 3. The fourth-order valence-electron chi connectivity index (χ4n) is 1.80. The van der Waals surface area contributed by atoms with Crippen molar-refractivity contribution in [3.05, 3.63) is 35.4 Å². The molecular weight excluding hydrogens is 285 g/mol. The molecule has 0 saturated heterocycles. The van der Waals surface area contributed by atoms with Gasteiger partial charge in [0.1, 0.15) is 0 Å². The number of aryl methyl sites for hydroxylation is 1. The normalized spacial score (nSPS) is 14.6. The van der Waals surface area contributed by atoms with Crippen molar-refractivity contribution >= 4 is 5.97 Å². The molecule has 1 rings (SSSR count). The van der Waals surface area contributed by atoms with E-state index in [0.717, 1.165) is 5.56 Å². The SMILES string of the molecule is CCOC(=O)C(CC)OC(c1ccc(C)cc1)C(F)(F)F. The first-order chi connectivity index (χ1) is 9.79. The van der Waals surface area contributed by atoms with Crippen LogP contribution in [0.4, 0.5) is 13.2 Å². The van der Waals surface area contributed by atoms with E-state index in [-0.39, 0.29) is 18.6 Å². The molecule has 0 amide bonds. The summed E-state index contributed by atoms with van der Waals surface area (Å²) in [4.78, 5) is 11.6. The summed E-state index contributed by atoms with van der Waals surface area (Å²) >= 11 is 0. The Labute approximate surface area is 122 Å². The minimum Gasteiger partial charge on any atom is -0.464 e. The molecule has 3 nitrogen and oxygen atoms in total. The number of hydrogen-bond acceptors (Lipinski definition) is 3. The van der Waals surface area contributed by atoms with Crippen LogP contribution in [0.25, 0.3) is 0 Å². The van der Waals surface area contributed by atoms with Gasteiger partial charge in [-0.15, -0.1) is 0 Å². The Morgan fingerprint density at radius 3 is 2.19 bits per heavy atom. The zero-order valence-corrected chi connectivity index (χ0v) is 12.2. The van der Waals surface area contributed by atoms with Gasteiger partial charge in [0.15, 0.2) is 12.2 Å². The van der Waals surface area contributed by atoms with Gasteiger partial charge in [0.05, 0.1) is 6.61 Å². The first-order valence-corrected chi connectivity index (χ1v) is 6.75. The average molecular weight is 304 g/mol. The molecule has 2 unspecified atom stereocenters. The first-order valence-electron chi connectivity index (χ1n) is 6.75. The van der Waals surface area contributed by atoms with E-state index in [2.05, 4.69) is 0 Å². The molecule has 118 valence electrons. The fourth-order valence-corrected chi connectivity index (χ4v) is 1.80. The van der Waals surface area contributed by atoms with Gasteiger partial charge in [-0.25, -0.2) is 4.79 Å². The molecule has 0 spiro atoms. The number of rotatable bonds is 6. The summed E-state index contributed by atoms with van der Waals surface area (Å²) in [5.74, 6) is -0.777. The third-order valence-electron chi connectivity index (χ3n) is 2.90. The third kappa shape index (κ3) is 5.04. The summed E-state index contributed by atoms with van der Waals surface area (Å²) in [5.41, 5.74) is 0.813. The second-order valence-corrected chi connectivity index (χ2v) is 4.62. The van der Waals surface area contributed by atoms with Crippen LogP contribution in [0.3, 0.4) is 0 Å². The molecule has 0 bridgehead atoms. The topological polar surface area (TPSA) is 35.5 Å². The van der Waals surface area contributed by atoms with Crippen LogP contribution < -0.4 is 0 Å². The van der Waals surface area contributed by atoms with E-state index in [4.69, 9.17) is 9.47 Å². The van der Waals surface area contributed by atoms with Crippen LogP contribution in [0.2, 0.25) is 0 Å². The molecule has 21 heavy (non-hydrogen) atoms. The van der Waals surface area contributed by atoms with Gasteiger partial charge in [0.2, 0.25) is 0 Å². The van der Waals surface area contributed by atoms with Gasteiger partial charge in [0.25, 0.3) is 0 Å². The van der Waals surface area contributed by atoms with Crippen molar-refractivity contribution in [2.24, 2.45) is 0 Å². The summed E-state index contributed by atoms with van der Waals surface area (Å²) in [7, 11) is 0. The Balaban J connectivity index is 2.98. The number of esters is 1. The zero-order chi connectivity index (χ0) is 16.0. The molecule has 1 aromatic carbocycles. The van der Waals surface area contributed by atoms with Crippen molar-refractivity contribution in [1.82, 2.24) is 0 Å². The van der Waals surface area contributed by atoms with Gasteiger partial charge >= 0.3 is 12.1 Å². The predicted molar refractivity (Wildman–Crippen MR) is 71.8 cm³/mol. The van der Waals surface area contributed by atoms with E-state index in [9.17, 15) is 18.0 Å². The summed E-state index contributed by atoms with van der Waals surface area (Å²) in [6.45, 7) is 5.04. The van der Waals surface area contributed by atoms with Crippen LogP contribution >= 0.6 is 0 Å². The van der Waals surface area contributed by atoms with Gasteiger partial charge in [-0.2, -0.15) is 13.2 Å². The second-order valence-electron chi connectivity index (χ2n) is 4.62. The highest BCUT2D eigenvalue weighted by Gasteiger charge is 2.44. The molecule has 1 aromatic rings. The van der Waals surface area contributed by atoms with Crippen LogP contribution in [-0.2, 0) is 14.3 Å². The molecule has 0 aliphatic carbocycles. The van der Waals surface area contributed by atoms with Crippen LogP contribution in [-0.4, -0.2) is 24.9 Å². The lowest BCUT2D eigenvalue weighted by molar-refractivity contribution is -0.239. The standard InChI is InChI=1S/C15H19F3O3/c1-4-12(14(19)20-5-2)21-13(15(16,17)18)11-8-6-10(3)7-9-11/h6-9,12-13H,4-5H2,1-3H3. The Hall–Kier alpha value is -1.56. The van der Waals surface area contributed by atoms with Crippen molar-refractivity contribution < 1.29 is 27.4 Å². The van der Waals surface area contributed by atoms with Crippen LogP contribution in [0.15, 0.2) is 24.3 Å².